The molecule has 0 saturated heterocycles. The van der Waals surface area contributed by atoms with Crippen LogP contribution in [0.4, 0.5) is 5.69 Å². The lowest BCUT2D eigenvalue weighted by Gasteiger charge is -2.13. The molecule has 34 heavy (non-hydrogen) atoms. The molecule has 0 aliphatic carbocycles. The average Bonchev–Trinajstić information content (AvgIpc) is 3.39. The molecule has 0 spiro atoms. The second kappa shape index (κ2) is 8.20. The molecular formula is C27H16N2O3S2. The van der Waals surface area contributed by atoms with Crippen LogP contribution in [0.5, 0.6) is 0 Å². The van der Waals surface area contributed by atoms with Gasteiger partial charge < -0.3 is 0 Å². The Kier molecular flexibility index (Phi) is 5.01. The number of carbonyl (C=O) groups is 3. The molecule has 6 rings (SSSR count). The van der Waals surface area contributed by atoms with Gasteiger partial charge in [-0.3, -0.25) is 14.4 Å². The minimum atomic E-state index is -0.319. The predicted molar refractivity (Wildman–Crippen MR) is 136 cm³/mol. The Hall–Kier alpha value is -3.81. The minimum Gasteiger partial charge on any atom is -0.293 e. The van der Waals surface area contributed by atoms with Gasteiger partial charge in [0.1, 0.15) is 0 Å². The highest BCUT2D eigenvalue weighted by atomic mass is 32.2. The van der Waals surface area contributed by atoms with E-state index in [2.05, 4.69) is 4.98 Å². The largest absolute Gasteiger partial charge is 0.293 e. The molecule has 5 aromatic rings. The number of imide groups is 1. The lowest BCUT2D eigenvalue weighted by molar-refractivity contribution is 0.0925. The number of hydrogen-bond donors (Lipinski definition) is 0. The summed E-state index contributed by atoms with van der Waals surface area (Å²) in [6, 6.07) is 25.9. The third-order valence-corrected chi connectivity index (χ3v) is 7.96. The van der Waals surface area contributed by atoms with E-state index in [-0.39, 0.29) is 23.4 Å². The quantitative estimate of drug-likeness (QED) is 0.170. The van der Waals surface area contributed by atoms with Crippen LogP contribution in [0.2, 0.25) is 0 Å². The van der Waals surface area contributed by atoms with E-state index in [4.69, 9.17) is 0 Å². The lowest BCUT2D eigenvalue weighted by Crippen LogP contribution is -2.29. The second-order valence-corrected chi connectivity index (χ2v) is 10.1. The Morgan fingerprint density at radius 1 is 0.824 bits per heavy atom. The number of Topliss-reactive ketones (excluding diaryl/α,β-unsaturated/α-hetero) is 1. The molecule has 1 aliphatic heterocycles. The molecule has 2 heterocycles. The van der Waals surface area contributed by atoms with E-state index in [9.17, 15) is 14.4 Å². The summed E-state index contributed by atoms with van der Waals surface area (Å²) in [7, 11) is 0. The molecule has 1 aromatic heterocycles. The van der Waals surface area contributed by atoms with Crippen molar-refractivity contribution in [1.29, 1.82) is 0 Å². The van der Waals surface area contributed by atoms with E-state index >= 15 is 0 Å². The van der Waals surface area contributed by atoms with Crippen molar-refractivity contribution in [1.82, 2.24) is 4.98 Å². The van der Waals surface area contributed by atoms with Gasteiger partial charge in [-0.2, -0.15) is 0 Å². The summed E-state index contributed by atoms with van der Waals surface area (Å²) in [5, 5.41) is 2.14. The topological polar surface area (TPSA) is 67.3 Å². The number of fused-ring (bicyclic) bond motifs is 3. The number of rotatable bonds is 5. The highest BCUT2D eigenvalue weighted by Gasteiger charge is 2.36. The molecule has 0 saturated carbocycles. The first kappa shape index (κ1) is 20.8. The maximum Gasteiger partial charge on any atom is 0.266 e. The van der Waals surface area contributed by atoms with Crippen molar-refractivity contribution in [3.8, 4) is 0 Å². The number of ketones is 1. The van der Waals surface area contributed by atoms with Gasteiger partial charge in [0.2, 0.25) is 0 Å². The SMILES string of the molecule is O=C(CSc1nc2ccc(N3C(=O)c4ccccc4C3=O)cc2s1)c1ccc2ccccc2c1. The van der Waals surface area contributed by atoms with Crippen molar-refractivity contribution in [3.05, 3.63) is 102 Å². The molecule has 7 heteroatoms. The summed E-state index contributed by atoms with van der Waals surface area (Å²) < 4.78 is 1.62. The third-order valence-electron chi connectivity index (χ3n) is 5.80. The summed E-state index contributed by atoms with van der Waals surface area (Å²) in [6.45, 7) is 0. The Morgan fingerprint density at radius 2 is 1.53 bits per heavy atom. The van der Waals surface area contributed by atoms with Gasteiger partial charge in [0.15, 0.2) is 10.1 Å². The molecular weight excluding hydrogens is 464 g/mol. The summed E-state index contributed by atoms with van der Waals surface area (Å²) in [6.07, 6.45) is 0. The first-order valence-corrected chi connectivity index (χ1v) is 12.4. The second-order valence-electron chi connectivity index (χ2n) is 7.90. The van der Waals surface area contributed by atoms with E-state index < -0.39 is 0 Å². The van der Waals surface area contributed by atoms with Crippen molar-refractivity contribution >= 4 is 67.4 Å². The molecule has 0 radical (unpaired) electrons. The minimum absolute atomic E-state index is 0.0433. The molecule has 4 aromatic carbocycles. The van der Waals surface area contributed by atoms with E-state index in [1.54, 1.807) is 36.4 Å². The van der Waals surface area contributed by atoms with Gasteiger partial charge in [-0.1, -0.05) is 60.3 Å². The molecule has 164 valence electrons. The van der Waals surface area contributed by atoms with Gasteiger partial charge in [0, 0.05) is 5.56 Å². The Bertz CT molecular complexity index is 1600. The summed E-state index contributed by atoms with van der Waals surface area (Å²) in [4.78, 5) is 44.2. The molecule has 0 unspecified atom stereocenters. The number of benzene rings is 4. The summed E-state index contributed by atoms with van der Waals surface area (Å²) >= 11 is 2.84. The zero-order valence-electron chi connectivity index (χ0n) is 17.7. The number of aromatic nitrogens is 1. The van der Waals surface area contributed by atoms with Gasteiger partial charge >= 0.3 is 0 Å². The zero-order chi connectivity index (χ0) is 23.2. The maximum absolute atomic E-state index is 12.8. The van der Waals surface area contributed by atoms with Crippen LogP contribution >= 0.6 is 23.1 Å². The molecule has 0 N–H and O–H groups in total. The van der Waals surface area contributed by atoms with Crippen LogP contribution in [-0.4, -0.2) is 28.3 Å². The number of thiazole rings is 1. The van der Waals surface area contributed by atoms with E-state index in [0.29, 0.717) is 22.4 Å². The van der Waals surface area contributed by atoms with Crippen molar-refractivity contribution in [3.63, 3.8) is 0 Å². The Morgan fingerprint density at radius 3 is 2.29 bits per heavy atom. The Labute approximate surface area is 203 Å². The van der Waals surface area contributed by atoms with Gasteiger partial charge in [-0.15, -0.1) is 11.3 Å². The molecule has 0 atom stereocenters. The smallest absolute Gasteiger partial charge is 0.266 e. The summed E-state index contributed by atoms with van der Waals surface area (Å²) in [5.74, 6) is -0.314. The van der Waals surface area contributed by atoms with Crippen LogP contribution in [0.3, 0.4) is 0 Å². The van der Waals surface area contributed by atoms with Crippen LogP contribution in [0.1, 0.15) is 31.1 Å². The molecule has 5 nitrogen and oxygen atoms in total. The highest BCUT2D eigenvalue weighted by molar-refractivity contribution is 8.01. The fraction of sp³-hybridized carbons (Fsp3) is 0.0370. The van der Waals surface area contributed by atoms with Crippen LogP contribution in [-0.2, 0) is 0 Å². The van der Waals surface area contributed by atoms with Crippen molar-refractivity contribution in [2.75, 3.05) is 10.7 Å². The van der Waals surface area contributed by atoms with E-state index in [1.165, 1.54) is 28.0 Å². The van der Waals surface area contributed by atoms with Crippen molar-refractivity contribution < 1.29 is 14.4 Å². The van der Waals surface area contributed by atoms with Crippen molar-refractivity contribution in [2.45, 2.75) is 4.34 Å². The first-order chi connectivity index (χ1) is 16.6. The van der Waals surface area contributed by atoms with Gasteiger partial charge in [0.25, 0.3) is 11.8 Å². The van der Waals surface area contributed by atoms with Gasteiger partial charge in [0.05, 0.1) is 32.8 Å². The number of nitrogens with zero attached hydrogens (tertiary/aromatic N) is 2. The molecule has 1 aliphatic rings. The summed E-state index contributed by atoms with van der Waals surface area (Å²) in [5.41, 5.74) is 2.80. The molecule has 0 bridgehead atoms. The van der Waals surface area contributed by atoms with Crippen molar-refractivity contribution in [2.24, 2.45) is 0 Å². The predicted octanol–water partition coefficient (Wildman–Crippen LogP) is 6.23. The number of carbonyl (C=O) groups excluding carboxylic acids is 3. The van der Waals surface area contributed by atoms with Crippen LogP contribution in [0, 0.1) is 0 Å². The van der Waals surface area contributed by atoms with E-state index in [0.717, 1.165) is 25.3 Å². The number of thioether (sulfide) groups is 1. The van der Waals surface area contributed by atoms with Crippen LogP contribution in [0.25, 0.3) is 21.0 Å². The number of anilines is 1. The number of hydrogen-bond acceptors (Lipinski definition) is 6. The third kappa shape index (κ3) is 3.50. The normalized spacial score (nSPS) is 13.1. The fourth-order valence-corrected chi connectivity index (χ4v) is 6.09. The van der Waals surface area contributed by atoms with E-state index in [1.807, 2.05) is 48.5 Å². The zero-order valence-corrected chi connectivity index (χ0v) is 19.4. The first-order valence-electron chi connectivity index (χ1n) is 10.6. The highest BCUT2D eigenvalue weighted by Crippen LogP contribution is 2.35. The van der Waals surface area contributed by atoms with Gasteiger partial charge in [-0.05, 0) is 47.2 Å². The number of amides is 2. The van der Waals surface area contributed by atoms with Gasteiger partial charge in [-0.25, -0.2) is 9.88 Å². The Balaban J connectivity index is 1.21. The monoisotopic (exact) mass is 480 g/mol. The maximum atomic E-state index is 12.8. The molecule has 2 amide bonds. The standard InChI is InChI=1S/C27H16N2O3S2/c30-23(18-10-9-16-5-1-2-6-17(16)13-18)15-33-27-28-22-12-11-19(14-24(22)34-27)29-25(31)20-7-3-4-8-21(20)26(29)32/h1-14H,15H2. The fourth-order valence-electron chi connectivity index (χ4n) is 4.09. The lowest BCUT2D eigenvalue weighted by atomic mass is 10.1. The molecule has 0 fully saturated rings. The van der Waals surface area contributed by atoms with Crippen LogP contribution < -0.4 is 4.90 Å². The average molecular weight is 481 g/mol. The van der Waals surface area contributed by atoms with Crippen LogP contribution in [0.15, 0.2) is 89.3 Å².